The third-order valence-electron chi connectivity index (χ3n) is 1.09. The van der Waals surface area contributed by atoms with Crippen LogP contribution in [-0.4, -0.2) is 52.1 Å². The third-order valence-corrected chi connectivity index (χ3v) is 1.09. The van der Waals surface area contributed by atoms with Gasteiger partial charge >= 0.3 is 7.19 Å². The van der Waals surface area contributed by atoms with Gasteiger partial charge in [0.15, 0.2) is 0 Å². The predicted molar refractivity (Wildman–Crippen MR) is 40.1 cm³/mol. The summed E-state index contributed by atoms with van der Waals surface area (Å²) in [7, 11) is 9.71. The van der Waals surface area contributed by atoms with Crippen molar-refractivity contribution in [2.45, 2.75) is 0 Å². The highest BCUT2D eigenvalue weighted by Crippen LogP contribution is 1.89. The van der Waals surface area contributed by atoms with Crippen LogP contribution in [0.1, 0.15) is 0 Å². The van der Waals surface area contributed by atoms with Crippen LogP contribution in [0.3, 0.4) is 0 Å². The van der Waals surface area contributed by atoms with Gasteiger partial charge in [0.05, 0.1) is 0 Å². The van der Waals surface area contributed by atoms with Gasteiger partial charge < -0.3 is 14.3 Å². The molecule has 0 amide bonds. The second kappa shape index (κ2) is 3.87. The molecule has 0 N–H and O–H groups in total. The van der Waals surface area contributed by atoms with Gasteiger partial charge in [0.1, 0.15) is 0 Å². The van der Waals surface area contributed by atoms with Crippen molar-refractivity contribution in [1.29, 1.82) is 0 Å². The van der Waals surface area contributed by atoms with E-state index in [1.54, 1.807) is 7.11 Å². The Labute approximate surface area is 57.7 Å². The fourth-order valence-electron chi connectivity index (χ4n) is 0.884. The molecule has 4 heteroatoms. The molecule has 0 aromatic carbocycles. The molecule has 0 aliphatic carbocycles. The lowest BCUT2D eigenvalue weighted by Crippen LogP contribution is -2.47. The first-order valence-corrected chi connectivity index (χ1v) is 2.95. The first-order chi connectivity index (χ1) is 4.09. The van der Waals surface area contributed by atoms with Crippen molar-refractivity contribution in [3.8, 4) is 0 Å². The minimum absolute atomic E-state index is 0.0880. The van der Waals surface area contributed by atoms with Crippen LogP contribution in [-0.2, 0) is 4.65 Å². The van der Waals surface area contributed by atoms with Crippen LogP contribution in [0.4, 0.5) is 0 Å². The summed E-state index contributed by atoms with van der Waals surface area (Å²) in [5.74, 6) is 0. The Kier molecular flexibility index (Phi) is 3.85. The van der Waals surface area contributed by atoms with Crippen LogP contribution < -0.4 is 0 Å². The Morgan fingerprint density at radius 1 is 1.00 bits per heavy atom. The molecule has 3 nitrogen and oxygen atoms in total. The first kappa shape index (κ1) is 8.94. The van der Waals surface area contributed by atoms with Crippen LogP contribution in [0.2, 0.25) is 0 Å². The van der Waals surface area contributed by atoms with Crippen molar-refractivity contribution in [3.63, 3.8) is 0 Å². The minimum atomic E-state index is 0.0880. The lowest BCUT2D eigenvalue weighted by molar-refractivity contribution is 0.303. The summed E-state index contributed by atoms with van der Waals surface area (Å²) < 4.78 is 5.12. The predicted octanol–water partition coefficient (Wildman–Crippen LogP) is -0.259. The van der Waals surface area contributed by atoms with E-state index in [2.05, 4.69) is 0 Å². The molecule has 0 radical (unpaired) electrons. The minimum Gasteiger partial charge on any atom is -0.411 e. The molecule has 0 aliphatic rings. The molecular formula is C5H15BN2O. The van der Waals surface area contributed by atoms with Crippen LogP contribution in [0.5, 0.6) is 0 Å². The van der Waals surface area contributed by atoms with Crippen molar-refractivity contribution < 1.29 is 4.65 Å². The molecule has 0 fully saturated rings. The van der Waals surface area contributed by atoms with Gasteiger partial charge in [0, 0.05) is 7.11 Å². The fourth-order valence-corrected chi connectivity index (χ4v) is 0.884. The summed E-state index contributed by atoms with van der Waals surface area (Å²) in [5, 5.41) is 0. The molecule has 0 saturated carbocycles. The van der Waals surface area contributed by atoms with Gasteiger partial charge in [-0.3, -0.25) is 0 Å². The zero-order valence-electron chi connectivity index (χ0n) is 6.88. The quantitative estimate of drug-likeness (QED) is 0.489. The lowest BCUT2D eigenvalue weighted by atomic mass is 9.98. The topological polar surface area (TPSA) is 15.7 Å². The van der Waals surface area contributed by atoms with E-state index >= 15 is 0 Å². The van der Waals surface area contributed by atoms with Crippen molar-refractivity contribution in [2.24, 2.45) is 0 Å². The third kappa shape index (κ3) is 2.84. The molecule has 0 rings (SSSR count). The molecule has 54 valence electrons. The van der Waals surface area contributed by atoms with Crippen LogP contribution in [0.15, 0.2) is 0 Å². The summed E-state index contributed by atoms with van der Waals surface area (Å²) in [5.41, 5.74) is 0. The first-order valence-electron chi connectivity index (χ1n) is 2.95. The van der Waals surface area contributed by atoms with E-state index in [4.69, 9.17) is 4.65 Å². The molecule has 0 unspecified atom stereocenters. The Balaban J connectivity index is 3.68. The summed E-state index contributed by atoms with van der Waals surface area (Å²) in [4.78, 5) is 4.00. The van der Waals surface area contributed by atoms with Crippen molar-refractivity contribution in [3.05, 3.63) is 0 Å². The average Bonchev–Trinajstić information content (AvgIpc) is 1.64. The summed E-state index contributed by atoms with van der Waals surface area (Å²) in [6, 6.07) is 0. The largest absolute Gasteiger partial charge is 0.477 e. The second-order valence-electron chi connectivity index (χ2n) is 2.49. The maximum atomic E-state index is 5.12. The van der Waals surface area contributed by atoms with Gasteiger partial charge in [0.2, 0.25) is 0 Å². The molecule has 0 atom stereocenters. The molecule has 0 aliphatic heterocycles. The van der Waals surface area contributed by atoms with E-state index in [-0.39, 0.29) is 7.19 Å². The number of hydrogen-bond acceptors (Lipinski definition) is 3. The SMILES string of the molecule is COB(N(C)C)N(C)C. The van der Waals surface area contributed by atoms with Crippen molar-refractivity contribution >= 4 is 7.19 Å². The summed E-state index contributed by atoms with van der Waals surface area (Å²) in [6.45, 7) is 0. The average molecular weight is 130 g/mol. The molecule has 0 heterocycles. The van der Waals surface area contributed by atoms with Crippen LogP contribution in [0.25, 0.3) is 0 Å². The number of rotatable bonds is 3. The van der Waals surface area contributed by atoms with Gasteiger partial charge in [0.25, 0.3) is 0 Å². The van der Waals surface area contributed by atoms with Crippen molar-refractivity contribution in [2.75, 3.05) is 35.3 Å². The highest BCUT2D eigenvalue weighted by atomic mass is 16.4. The molecule has 0 spiro atoms. The maximum absolute atomic E-state index is 5.12. The van der Waals surface area contributed by atoms with Crippen molar-refractivity contribution in [1.82, 2.24) is 9.62 Å². The highest BCUT2D eigenvalue weighted by Gasteiger charge is 2.20. The molecule has 0 aromatic heterocycles. The normalized spacial score (nSPS) is 11.0. The molecule has 9 heavy (non-hydrogen) atoms. The fraction of sp³-hybridized carbons (Fsp3) is 1.00. The Morgan fingerprint density at radius 3 is 1.33 bits per heavy atom. The summed E-state index contributed by atoms with van der Waals surface area (Å²) in [6.07, 6.45) is 0. The van der Waals surface area contributed by atoms with Gasteiger partial charge in [-0.1, -0.05) is 0 Å². The number of nitrogens with zero attached hydrogens (tertiary/aromatic N) is 2. The van der Waals surface area contributed by atoms with E-state index in [1.165, 1.54) is 0 Å². The van der Waals surface area contributed by atoms with E-state index < -0.39 is 0 Å². The van der Waals surface area contributed by atoms with E-state index in [0.717, 1.165) is 0 Å². The zero-order valence-corrected chi connectivity index (χ0v) is 6.88. The lowest BCUT2D eigenvalue weighted by Gasteiger charge is -2.23. The Hall–Kier alpha value is -0.0551. The Bertz CT molecular complexity index is 69.4. The van der Waals surface area contributed by atoms with E-state index in [9.17, 15) is 0 Å². The van der Waals surface area contributed by atoms with Gasteiger partial charge in [-0.2, -0.15) is 0 Å². The standard InChI is InChI=1S/C5H15BN2O/c1-7(2)6(9-5)8(3)4/h1-5H3. The monoisotopic (exact) mass is 130 g/mol. The van der Waals surface area contributed by atoms with Gasteiger partial charge in [-0.05, 0) is 28.2 Å². The van der Waals surface area contributed by atoms with Crippen LogP contribution >= 0.6 is 0 Å². The summed E-state index contributed by atoms with van der Waals surface area (Å²) >= 11 is 0. The van der Waals surface area contributed by atoms with Gasteiger partial charge in [-0.25, -0.2) is 0 Å². The van der Waals surface area contributed by atoms with E-state index in [1.807, 2.05) is 37.8 Å². The smallest absolute Gasteiger partial charge is 0.411 e. The maximum Gasteiger partial charge on any atom is 0.477 e. The zero-order chi connectivity index (χ0) is 7.44. The van der Waals surface area contributed by atoms with E-state index in [0.29, 0.717) is 0 Å². The van der Waals surface area contributed by atoms with Crippen LogP contribution in [0, 0.1) is 0 Å². The molecular weight excluding hydrogens is 115 g/mol. The molecule has 0 aromatic rings. The number of hydrogen-bond donors (Lipinski definition) is 0. The molecule has 0 bridgehead atoms. The molecule has 0 saturated heterocycles. The Morgan fingerprint density at radius 2 is 1.33 bits per heavy atom. The second-order valence-corrected chi connectivity index (χ2v) is 2.49. The van der Waals surface area contributed by atoms with Gasteiger partial charge in [-0.15, -0.1) is 0 Å². The highest BCUT2D eigenvalue weighted by molar-refractivity contribution is 6.44.